The molecule has 2 aromatic rings. The third-order valence-electron chi connectivity index (χ3n) is 3.68. The standard InChI is InChI=1S/C18H26N4O2/c1-5-8-16(23)20-13(4)18-21-14-9-6-7-10-15(14)22(18)11-17(24)19-12(2)3/h6-7,9-10,12-13H,5,8,11H2,1-4H3,(H,19,24)(H,20,23). The molecular formula is C18H26N4O2. The fourth-order valence-electron chi connectivity index (χ4n) is 2.71. The Labute approximate surface area is 142 Å². The quantitative estimate of drug-likeness (QED) is 0.819. The summed E-state index contributed by atoms with van der Waals surface area (Å²) in [4.78, 5) is 28.7. The number of imidazole rings is 1. The van der Waals surface area contributed by atoms with Crippen molar-refractivity contribution in [3.05, 3.63) is 30.1 Å². The van der Waals surface area contributed by atoms with Crippen LogP contribution in [-0.2, 0) is 16.1 Å². The molecule has 24 heavy (non-hydrogen) atoms. The Morgan fingerprint density at radius 3 is 2.50 bits per heavy atom. The molecule has 6 heteroatoms. The summed E-state index contributed by atoms with van der Waals surface area (Å²) in [5.41, 5.74) is 1.71. The molecule has 2 amide bonds. The minimum Gasteiger partial charge on any atom is -0.352 e. The highest BCUT2D eigenvalue weighted by atomic mass is 16.2. The Balaban J connectivity index is 2.32. The predicted molar refractivity (Wildman–Crippen MR) is 94.5 cm³/mol. The van der Waals surface area contributed by atoms with Gasteiger partial charge in [-0.05, 0) is 39.3 Å². The highest BCUT2D eigenvalue weighted by molar-refractivity contribution is 5.81. The van der Waals surface area contributed by atoms with Gasteiger partial charge in [0.25, 0.3) is 0 Å². The van der Waals surface area contributed by atoms with Crippen LogP contribution in [0.1, 0.15) is 52.4 Å². The normalized spacial score (nSPS) is 12.4. The number of benzene rings is 1. The third-order valence-corrected chi connectivity index (χ3v) is 3.68. The average Bonchev–Trinajstić information content (AvgIpc) is 2.85. The second-order valence-electron chi connectivity index (χ2n) is 6.31. The SMILES string of the molecule is CCCC(=O)NC(C)c1nc2ccccc2n1CC(=O)NC(C)C. The van der Waals surface area contributed by atoms with E-state index in [1.165, 1.54) is 0 Å². The van der Waals surface area contributed by atoms with Gasteiger partial charge < -0.3 is 15.2 Å². The Hall–Kier alpha value is -2.37. The van der Waals surface area contributed by atoms with Crippen molar-refractivity contribution in [3.63, 3.8) is 0 Å². The van der Waals surface area contributed by atoms with Gasteiger partial charge >= 0.3 is 0 Å². The summed E-state index contributed by atoms with van der Waals surface area (Å²) in [6, 6.07) is 7.51. The lowest BCUT2D eigenvalue weighted by Crippen LogP contribution is -2.34. The fourth-order valence-corrected chi connectivity index (χ4v) is 2.71. The van der Waals surface area contributed by atoms with Crippen molar-refractivity contribution in [1.82, 2.24) is 20.2 Å². The van der Waals surface area contributed by atoms with Crippen molar-refractivity contribution in [2.24, 2.45) is 0 Å². The second kappa shape index (κ2) is 7.95. The number of aromatic nitrogens is 2. The van der Waals surface area contributed by atoms with Gasteiger partial charge in [0.15, 0.2) is 0 Å². The molecule has 1 unspecified atom stereocenters. The summed E-state index contributed by atoms with van der Waals surface area (Å²) in [6.45, 7) is 7.90. The first-order valence-corrected chi connectivity index (χ1v) is 8.46. The zero-order valence-corrected chi connectivity index (χ0v) is 14.8. The lowest BCUT2D eigenvalue weighted by Gasteiger charge is -2.17. The van der Waals surface area contributed by atoms with E-state index in [9.17, 15) is 9.59 Å². The van der Waals surface area contributed by atoms with Crippen LogP contribution in [0, 0.1) is 0 Å². The monoisotopic (exact) mass is 330 g/mol. The molecule has 0 saturated heterocycles. The van der Waals surface area contributed by atoms with Gasteiger partial charge in [-0.1, -0.05) is 19.1 Å². The molecule has 0 aliphatic heterocycles. The van der Waals surface area contributed by atoms with Crippen LogP contribution in [0.3, 0.4) is 0 Å². The number of amides is 2. The molecule has 0 fully saturated rings. The van der Waals surface area contributed by atoms with Crippen molar-refractivity contribution in [2.75, 3.05) is 0 Å². The second-order valence-corrected chi connectivity index (χ2v) is 6.31. The fraction of sp³-hybridized carbons (Fsp3) is 0.500. The highest BCUT2D eigenvalue weighted by Gasteiger charge is 2.19. The summed E-state index contributed by atoms with van der Waals surface area (Å²) in [6.07, 6.45) is 1.28. The topological polar surface area (TPSA) is 76.0 Å². The molecule has 0 bridgehead atoms. The zero-order valence-electron chi connectivity index (χ0n) is 14.8. The van der Waals surface area contributed by atoms with Gasteiger partial charge in [-0.3, -0.25) is 9.59 Å². The van der Waals surface area contributed by atoms with Gasteiger partial charge in [-0.25, -0.2) is 4.98 Å². The maximum Gasteiger partial charge on any atom is 0.240 e. The van der Waals surface area contributed by atoms with Crippen LogP contribution in [0.4, 0.5) is 0 Å². The first-order valence-electron chi connectivity index (χ1n) is 8.46. The molecule has 1 heterocycles. The van der Waals surface area contributed by atoms with Crippen molar-refractivity contribution in [2.45, 2.75) is 59.2 Å². The van der Waals surface area contributed by atoms with Crippen molar-refractivity contribution < 1.29 is 9.59 Å². The molecule has 0 saturated carbocycles. The molecular weight excluding hydrogens is 304 g/mol. The molecule has 0 radical (unpaired) electrons. The molecule has 0 aliphatic rings. The Kier molecular flexibility index (Phi) is 5.95. The van der Waals surface area contributed by atoms with Crippen LogP contribution >= 0.6 is 0 Å². The zero-order chi connectivity index (χ0) is 17.7. The van der Waals surface area contributed by atoms with Crippen LogP contribution in [0.15, 0.2) is 24.3 Å². The first kappa shape index (κ1) is 18.0. The van der Waals surface area contributed by atoms with Crippen LogP contribution in [0.2, 0.25) is 0 Å². The number of carbonyl (C=O) groups is 2. The van der Waals surface area contributed by atoms with Gasteiger partial charge in [-0.2, -0.15) is 0 Å². The van der Waals surface area contributed by atoms with Gasteiger partial charge in [0.1, 0.15) is 12.4 Å². The van der Waals surface area contributed by atoms with Crippen LogP contribution < -0.4 is 10.6 Å². The largest absolute Gasteiger partial charge is 0.352 e. The molecule has 6 nitrogen and oxygen atoms in total. The maximum atomic E-state index is 12.2. The minimum absolute atomic E-state index is 0.00441. The van der Waals surface area contributed by atoms with E-state index in [2.05, 4.69) is 15.6 Å². The van der Waals surface area contributed by atoms with E-state index in [1.807, 2.05) is 56.5 Å². The number of para-hydroxylation sites is 2. The Morgan fingerprint density at radius 1 is 1.12 bits per heavy atom. The van der Waals surface area contributed by atoms with Crippen molar-refractivity contribution in [1.29, 1.82) is 0 Å². The molecule has 2 N–H and O–H groups in total. The number of nitrogens with zero attached hydrogens (tertiary/aromatic N) is 2. The number of carbonyl (C=O) groups excluding carboxylic acids is 2. The molecule has 1 aromatic heterocycles. The van der Waals surface area contributed by atoms with Crippen LogP contribution in [0.5, 0.6) is 0 Å². The molecule has 0 aliphatic carbocycles. The molecule has 0 spiro atoms. The molecule has 2 rings (SSSR count). The number of nitrogens with one attached hydrogen (secondary N) is 2. The van der Waals surface area contributed by atoms with E-state index in [4.69, 9.17) is 0 Å². The van der Waals surface area contributed by atoms with Gasteiger partial charge in [-0.15, -0.1) is 0 Å². The lowest BCUT2D eigenvalue weighted by atomic mass is 10.2. The van der Waals surface area contributed by atoms with E-state index in [-0.39, 0.29) is 30.4 Å². The third kappa shape index (κ3) is 4.34. The predicted octanol–water partition coefficient (Wildman–Crippen LogP) is 2.54. The Morgan fingerprint density at radius 2 is 1.83 bits per heavy atom. The minimum atomic E-state index is -0.261. The van der Waals surface area contributed by atoms with Crippen molar-refractivity contribution in [3.8, 4) is 0 Å². The van der Waals surface area contributed by atoms with Crippen LogP contribution in [-0.4, -0.2) is 27.4 Å². The lowest BCUT2D eigenvalue weighted by molar-refractivity contribution is -0.122. The summed E-state index contributed by atoms with van der Waals surface area (Å²) in [5, 5.41) is 5.86. The smallest absolute Gasteiger partial charge is 0.240 e. The van der Waals surface area contributed by atoms with Gasteiger partial charge in [0.05, 0.1) is 17.1 Å². The summed E-state index contributed by atoms with van der Waals surface area (Å²) in [7, 11) is 0. The van der Waals surface area contributed by atoms with E-state index in [0.717, 1.165) is 17.5 Å². The van der Waals surface area contributed by atoms with Crippen molar-refractivity contribution >= 4 is 22.8 Å². The summed E-state index contributed by atoms with van der Waals surface area (Å²) in [5.74, 6) is 0.622. The number of hydrogen-bond acceptors (Lipinski definition) is 3. The van der Waals surface area contributed by atoms with Gasteiger partial charge in [0, 0.05) is 12.5 Å². The average molecular weight is 330 g/mol. The van der Waals surface area contributed by atoms with E-state index in [1.54, 1.807) is 0 Å². The number of hydrogen-bond donors (Lipinski definition) is 2. The first-order chi connectivity index (χ1) is 11.4. The molecule has 1 atom stereocenters. The van der Waals surface area contributed by atoms with E-state index >= 15 is 0 Å². The highest BCUT2D eigenvalue weighted by Crippen LogP contribution is 2.21. The van der Waals surface area contributed by atoms with Gasteiger partial charge in [0.2, 0.25) is 11.8 Å². The van der Waals surface area contributed by atoms with E-state index < -0.39 is 0 Å². The Bertz CT molecular complexity index is 721. The summed E-state index contributed by atoms with van der Waals surface area (Å²) < 4.78 is 1.88. The summed E-state index contributed by atoms with van der Waals surface area (Å²) >= 11 is 0. The number of rotatable bonds is 7. The molecule has 130 valence electrons. The maximum absolute atomic E-state index is 12.2. The number of fused-ring (bicyclic) bond motifs is 1. The van der Waals surface area contributed by atoms with Crippen LogP contribution in [0.25, 0.3) is 11.0 Å². The van der Waals surface area contributed by atoms with E-state index in [0.29, 0.717) is 12.2 Å². The molecule has 1 aromatic carbocycles.